The number of hydrogen-bond acceptors (Lipinski definition) is 4. The maximum absolute atomic E-state index is 15.1. The van der Waals surface area contributed by atoms with Gasteiger partial charge in [-0.05, 0) is 28.8 Å². The zero-order chi connectivity index (χ0) is 36.9. The number of para-hydroxylation sites is 1. The minimum atomic E-state index is -1.75. The standard InChI is InChI=1S/C46H24F4N4/c47-39-33(25-51)40(48)42(50)36(41(39)49)27-20-22-30(23-21-27)43-38-37(31-18-10-11-19-34(31)52-43)32(26-12-4-1-5-13-26)24-35-46(38)54-45(29-16-8-3-9-17-29)44(53-35)28-14-6-2-7-15-28/h1-24H. The van der Waals surface area contributed by atoms with Gasteiger partial charge < -0.3 is 0 Å². The van der Waals surface area contributed by atoms with Gasteiger partial charge in [-0.15, -0.1) is 0 Å². The summed E-state index contributed by atoms with van der Waals surface area (Å²) in [6.45, 7) is 0. The summed E-state index contributed by atoms with van der Waals surface area (Å²) in [6, 6.07) is 46.7. The smallest absolute Gasteiger partial charge is 0.180 e. The van der Waals surface area contributed by atoms with Gasteiger partial charge in [0, 0.05) is 32.8 Å². The van der Waals surface area contributed by atoms with Crippen LogP contribution in [-0.2, 0) is 0 Å². The number of pyridine rings is 1. The molecule has 0 saturated carbocycles. The Kier molecular flexibility index (Phi) is 7.90. The number of benzene rings is 7. The monoisotopic (exact) mass is 708 g/mol. The second-order valence-corrected chi connectivity index (χ2v) is 12.7. The maximum Gasteiger partial charge on any atom is 0.180 e. The molecule has 0 spiro atoms. The molecule has 0 aliphatic heterocycles. The van der Waals surface area contributed by atoms with Gasteiger partial charge in [-0.2, -0.15) is 5.26 Å². The van der Waals surface area contributed by atoms with Crippen molar-refractivity contribution in [3.05, 3.63) is 174 Å². The van der Waals surface area contributed by atoms with Crippen LogP contribution in [0.25, 0.3) is 88.7 Å². The van der Waals surface area contributed by atoms with Gasteiger partial charge in [0.15, 0.2) is 23.3 Å². The lowest BCUT2D eigenvalue weighted by Gasteiger charge is -2.18. The molecule has 8 heteroatoms. The molecule has 9 aromatic rings. The lowest BCUT2D eigenvalue weighted by molar-refractivity contribution is 0.454. The van der Waals surface area contributed by atoms with Crippen molar-refractivity contribution in [3.63, 3.8) is 0 Å². The van der Waals surface area contributed by atoms with Crippen molar-refractivity contribution in [2.75, 3.05) is 0 Å². The fraction of sp³-hybridized carbons (Fsp3) is 0. The molecule has 0 radical (unpaired) electrons. The van der Waals surface area contributed by atoms with Crippen molar-refractivity contribution in [2.24, 2.45) is 0 Å². The van der Waals surface area contributed by atoms with Crippen molar-refractivity contribution in [1.82, 2.24) is 15.0 Å². The molecule has 0 atom stereocenters. The van der Waals surface area contributed by atoms with E-state index in [0.717, 1.165) is 33.0 Å². The van der Waals surface area contributed by atoms with E-state index in [2.05, 4.69) is 6.07 Å². The molecule has 0 fully saturated rings. The zero-order valence-corrected chi connectivity index (χ0v) is 28.2. The highest BCUT2D eigenvalue weighted by Crippen LogP contribution is 2.44. The van der Waals surface area contributed by atoms with Crippen LogP contribution in [0.4, 0.5) is 17.6 Å². The first-order chi connectivity index (χ1) is 26.4. The molecule has 2 aromatic heterocycles. The number of fused-ring (bicyclic) bond motifs is 5. The largest absolute Gasteiger partial charge is 0.247 e. The summed E-state index contributed by atoms with van der Waals surface area (Å²) in [7, 11) is 0. The number of rotatable bonds is 5. The molecular weight excluding hydrogens is 685 g/mol. The third-order valence-electron chi connectivity index (χ3n) is 9.60. The zero-order valence-electron chi connectivity index (χ0n) is 28.2. The highest BCUT2D eigenvalue weighted by molar-refractivity contribution is 6.25. The Morgan fingerprint density at radius 1 is 0.426 bits per heavy atom. The van der Waals surface area contributed by atoms with E-state index in [1.54, 1.807) is 12.1 Å². The van der Waals surface area contributed by atoms with E-state index in [9.17, 15) is 8.78 Å². The lowest BCUT2D eigenvalue weighted by atomic mass is 9.91. The van der Waals surface area contributed by atoms with E-state index in [4.69, 9.17) is 20.2 Å². The normalized spacial score (nSPS) is 11.3. The summed E-state index contributed by atoms with van der Waals surface area (Å²) in [5, 5.41) is 11.5. The van der Waals surface area contributed by atoms with E-state index in [1.165, 1.54) is 18.2 Å². The Balaban J connectivity index is 1.39. The van der Waals surface area contributed by atoms with Gasteiger partial charge >= 0.3 is 0 Å². The SMILES string of the molecule is N#Cc1c(F)c(F)c(-c2ccc(-c3nc4ccccc4c4c(-c5ccccc5)cc5nc(-c6ccccc6)c(-c6ccccc6)nc5c34)cc2)c(F)c1F. The van der Waals surface area contributed by atoms with Crippen LogP contribution >= 0.6 is 0 Å². The Morgan fingerprint density at radius 2 is 0.907 bits per heavy atom. The molecule has 0 bridgehead atoms. The molecule has 0 saturated heterocycles. The molecule has 0 unspecified atom stereocenters. The van der Waals surface area contributed by atoms with Crippen molar-refractivity contribution in [2.45, 2.75) is 0 Å². The van der Waals surface area contributed by atoms with Gasteiger partial charge in [-0.1, -0.05) is 133 Å². The van der Waals surface area contributed by atoms with E-state index >= 15 is 8.78 Å². The van der Waals surface area contributed by atoms with E-state index < -0.39 is 34.4 Å². The first-order valence-electron chi connectivity index (χ1n) is 17.0. The van der Waals surface area contributed by atoms with Crippen LogP contribution < -0.4 is 0 Å². The predicted molar refractivity (Wildman–Crippen MR) is 204 cm³/mol. The highest BCUT2D eigenvalue weighted by Gasteiger charge is 2.27. The minimum Gasteiger partial charge on any atom is -0.247 e. The highest BCUT2D eigenvalue weighted by atomic mass is 19.2. The van der Waals surface area contributed by atoms with Gasteiger partial charge in [0.05, 0.1) is 39.2 Å². The first kappa shape index (κ1) is 32.7. The van der Waals surface area contributed by atoms with Crippen LogP contribution in [-0.4, -0.2) is 15.0 Å². The predicted octanol–water partition coefficient (Wildman–Crippen LogP) is 12.1. The second-order valence-electron chi connectivity index (χ2n) is 12.7. The number of halogens is 4. The van der Waals surface area contributed by atoms with Crippen molar-refractivity contribution in [1.29, 1.82) is 5.26 Å². The van der Waals surface area contributed by atoms with Crippen LogP contribution in [0.5, 0.6) is 0 Å². The fourth-order valence-electron chi connectivity index (χ4n) is 7.09. The number of aromatic nitrogens is 3. The van der Waals surface area contributed by atoms with Crippen LogP contribution in [0.3, 0.4) is 0 Å². The molecule has 9 rings (SSSR count). The summed E-state index contributed by atoms with van der Waals surface area (Å²) in [5.41, 5.74) is 5.68. The summed E-state index contributed by atoms with van der Waals surface area (Å²) < 4.78 is 59.6. The molecule has 0 N–H and O–H groups in total. The van der Waals surface area contributed by atoms with Gasteiger partial charge in [-0.25, -0.2) is 32.5 Å². The quantitative estimate of drug-likeness (QED) is 0.101. The van der Waals surface area contributed by atoms with E-state index in [-0.39, 0.29) is 5.56 Å². The molecule has 0 aliphatic rings. The van der Waals surface area contributed by atoms with Crippen LogP contribution in [0, 0.1) is 34.6 Å². The second kappa shape index (κ2) is 13.1. The Morgan fingerprint density at radius 3 is 1.50 bits per heavy atom. The van der Waals surface area contributed by atoms with Gasteiger partial charge in [0.2, 0.25) is 0 Å². The average molecular weight is 709 g/mol. The lowest BCUT2D eigenvalue weighted by Crippen LogP contribution is -2.03. The molecule has 2 heterocycles. The minimum absolute atomic E-state index is 0.116. The number of hydrogen-bond donors (Lipinski definition) is 0. The first-order valence-corrected chi connectivity index (χ1v) is 17.0. The van der Waals surface area contributed by atoms with Crippen LogP contribution in [0.2, 0.25) is 0 Å². The van der Waals surface area contributed by atoms with Crippen molar-refractivity contribution >= 4 is 32.7 Å². The molecule has 54 heavy (non-hydrogen) atoms. The molecule has 7 aromatic carbocycles. The Hall–Kier alpha value is -7.24. The Bertz CT molecular complexity index is 2940. The summed E-state index contributed by atoms with van der Waals surface area (Å²) in [4.78, 5) is 15.9. The number of nitriles is 1. The maximum atomic E-state index is 15.1. The molecule has 256 valence electrons. The van der Waals surface area contributed by atoms with Crippen molar-refractivity contribution in [3.8, 4) is 62.1 Å². The number of nitrogens with zero attached hydrogens (tertiary/aromatic N) is 4. The fourth-order valence-corrected chi connectivity index (χ4v) is 7.09. The van der Waals surface area contributed by atoms with Gasteiger partial charge in [0.25, 0.3) is 0 Å². The van der Waals surface area contributed by atoms with Crippen LogP contribution in [0.15, 0.2) is 146 Å². The molecular formula is C46H24F4N4. The average Bonchev–Trinajstić information content (AvgIpc) is 3.23. The molecule has 4 nitrogen and oxygen atoms in total. The third kappa shape index (κ3) is 5.25. The van der Waals surface area contributed by atoms with Gasteiger partial charge in [-0.3, -0.25) is 0 Å². The van der Waals surface area contributed by atoms with E-state index in [1.807, 2.05) is 115 Å². The third-order valence-corrected chi connectivity index (χ3v) is 9.60. The van der Waals surface area contributed by atoms with Crippen LogP contribution in [0.1, 0.15) is 5.56 Å². The summed E-state index contributed by atoms with van der Waals surface area (Å²) >= 11 is 0. The van der Waals surface area contributed by atoms with Crippen molar-refractivity contribution < 1.29 is 17.6 Å². The Labute approximate surface area is 306 Å². The summed E-state index contributed by atoms with van der Waals surface area (Å²) in [5.74, 6) is -6.80. The van der Waals surface area contributed by atoms with Gasteiger partial charge in [0.1, 0.15) is 11.6 Å². The summed E-state index contributed by atoms with van der Waals surface area (Å²) in [6.07, 6.45) is 0. The van der Waals surface area contributed by atoms with E-state index in [0.29, 0.717) is 44.6 Å². The molecule has 0 amide bonds. The molecule has 0 aliphatic carbocycles. The topological polar surface area (TPSA) is 62.5 Å².